The van der Waals surface area contributed by atoms with Gasteiger partial charge in [0.15, 0.2) is 5.13 Å². The summed E-state index contributed by atoms with van der Waals surface area (Å²) in [6, 6.07) is 15.0. The van der Waals surface area contributed by atoms with E-state index < -0.39 is 0 Å². The van der Waals surface area contributed by atoms with Gasteiger partial charge in [-0.15, -0.1) is 11.3 Å². The quantitative estimate of drug-likeness (QED) is 0.688. The van der Waals surface area contributed by atoms with Gasteiger partial charge in [-0.2, -0.15) is 0 Å². The first-order valence-corrected chi connectivity index (χ1v) is 8.91. The summed E-state index contributed by atoms with van der Waals surface area (Å²) < 4.78 is 5.18. The molecule has 0 atom stereocenters. The van der Waals surface area contributed by atoms with Crippen LogP contribution in [0.2, 0.25) is 5.02 Å². The number of ether oxygens (including phenoxy) is 1. The lowest BCUT2D eigenvalue weighted by molar-refractivity contribution is -0.115. The molecule has 0 aliphatic rings. The lowest BCUT2D eigenvalue weighted by Crippen LogP contribution is -2.14. The van der Waals surface area contributed by atoms with Crippen LogP contribution in [0, 0.1) is 6.92 Å². The summed E-state index contributed by atoms with van der Waals surface area (Å²) in [6.45, 7) is 1.99. The average molecular weight is 373 g/mol. The predicted molar refractivity (Wildman–Crippen MR) is 103 cm³/mol. The minimum Gasteiger partial charge on any atom is -0.497 e. The zero-order valence-electron chi connectivity index (χ0n) is 13.9. The maximum Gasteiger partial charge on any atom is 0.230 e. The summed E-state index contributed by atoms with van der Waals surface area (Å²) in [5, 5.41) is 4.15. The molecule has 25 heavy (non-hydrogen) atoms. The van der Waals surface area contributed by atoms with Crippen molar-refractivity contribution >= 4 is 34.0 Å². The zero-order valence-corrected chi connectivity index (χ0v) is 15.4. The number of hydrogen-bond acceptors (Lipinski definition) is 4. The molecule has 0 saturated heterocycles. The Balaban J connectivity index is 1.71. The average Bonchev–Trinajstić information content (AvgIpc) is 2.95. The van der Waals surface area contributed by atoms with Gasteiger partial charge in [0.05, 0.1) is 19.2 Å². The Hall–Kier alpha value is -2.37. The Labute approximate surface area is 155 Å². The van der Waals surface area contributed by atoms with Gasteiger partial charge in [0, 0.05) is 15.5 Å². The molecule has 1 aromatic heterocycles. The van der Waals surface area contributed by atoms with E-state index in [0.717, 1.165) is 27.4 Å². The highest BCUT2D eigenvalue weighted by molar-refractivity contribution is 7.16. The van der Waals surface area contributed by atoms with Gasteiger partial charge in [0.1, 0.15) is 5.75 Å². The smallest absolute Gasteiger partial charge is 0.230 e. The normalized spacial score (nSPS) is 10.5. The molecule has 0 fully saturated rings. The first-order valence-electron chi connectivity index (χ1n) is 7.71. The van der Waals surface area contributed by atoms with Crippen LogP contribution in [0.15, 0.2) is 48.5 Å². The largest absolute Gasteiger partial charge is 0.497 e. The van der Waals surface area contributed by atoms with Crippen molar-refractivity contribution in [1.82, 2.24) is 4.98 Å². The van der Waals surface area contributed by atoms with E-state index in [4.69, 9.17) is 16.3 Å². The third-order valence-electron chi connectivity index (χ3n) is 3.66. The maximum atomic E-state index is 12.3. The molecular formula is C19H17ClN2O2S. The molecule has 2 aromatic carbocycles. The van der Waals surface area contributed by atoms with Gasteiger partial charge >= 0.3 is 0 Å². The van der Waals surface area contributed by atoms with E-state index >= 15 is 0 Å². The van der Waals surface area contributed by atoms with Gasteiger partial charge < -0.3 is 10.1 Å². The third-order valence-corrected chi connectivity index (χ3v) is 4.80. The molecule has 0 spiro atoms. The second-order valence-corrected chi connectivity index (χ2v) is 7.15. The zero-order chi connectivity index (χ0) is 17.8. The Morgan fingerprint density at radius 3 is 2.72 bits per heavy atom. The van der Waals surface area contributed by atoms with E-state index in [1.54, 1.807) is 7.11 Å². The molecule has 0 saturated carbocycles. The lowest BCUT2D eigenvalue weighted by Gasteiger charge is -2.04. The first kappa shape index (κ1) is 17.5. The van der Waals surface area contributed by atoms with E-state index in [1.165, 1.54) is 11.3 Å². The van der Waals surface area contributed by atoms with Crippen molar-refractivity contribution in [3.05, 3.63) is 64.0 Å². The number of thiazole rings is 1. The molecular weight excluding hydrogens is 356 g/mol. The molecule has 1 amide bonds. The van der Waals surface area contributed by atoms with Gasteiger partial charge in [0.2, 0.25) is 5.91 Å². The number of carbonyl (C=O) groups excluding carboxylic acids is 1. The van der Waals surface area contributed by atoms with E-state index in [0.29, 0.717) is 10.2 Å². The van der Waals surface area contributed by atoms with E-state index in [9.17, 15) is 4.79 Å². The number of nitrogens with one attached hydrogen (secondary N) is 1. The van der Waals surface area contributed by atoms with E-state index in [2.05, 4.69) is 10.3 Å². The Kier molecular flexibility index (Phi) is 5.36. The molecule has 0 unspecified atom stereocenters. The second kappa shape index (κ2) is 7.68. The number of carbonyl (C=O) groups is 1. The molecule has 0 bridgehead atoms. The van der Waals surface area contributed by atoms with Crippen molar-refractivity contribution in [2.45, 2.75) is 13.3 Å². The van der Waals surface area contributed by atoms with Crippen LogP contribution < -0.4 is 10.1 Å². The molecule has 0 radical (unpaired) electrons. The predicted octanol–water partition coefficient (Wildman–Crippen LogP) is 4.96. The van der Waals surface area contributed by atoms with Crippen molar-refractivity contribution in [2.24, 2.45) is 0 Å². The lowest BCUT2D eigenvalue weighted by atomic mass is 10.1. The summed E-state index contributed by atoms with van der Waals surface area (Å²) in [5.41, 5.74) is 2.73. The fourth-order valence-corrected chi connectivity index (χ4v) is 3.43. The topological polar surface area (TPSA) is 51.2 Å². The fraction of sp³-hybridized carbons (Fsp3) is 0.158. The van der Waals surface area contributed by atoms with Gasteiger partial charge in [0.25, 0.3) is 0 Å². The third kappa shape index (κ3) is 4.38. The molecule has 1 heterocycles. The van der Waals surface area contributed by atoms with Crippen LogP contribution in [-0.4, -0.2) is 18.0 Å². The van der Waals surface area contributed by atoms with Crippen molar-refractivity contribution in [1.29, 1.82) is 0 Å². The number of aryl methyl sites for hydroxylation is 1. The van der Waals surface area contributed by atoms with Gasteiger partial charge in [-0.3, -0.25) is 4.79 Å². The number of nitrogens with zero attached hydrogens (tertiary/aromatic N) is 1. The van der Waals surface area contributed by atoms with Crippen LogP contribution in [-0.2, 0) is 11.2 Å². The molecule has 3 aromatic rings. The fourth-order valence-electron chi connectivity index (χ4n) is 2.46. The minimum atomic E-state index is -0.107. The van der Waals surface area contributed by atoms with Crippen molar-refractivity contribution < 1.29 is 9.53 Å². The number of aromatic nitrogens is 1. The van der Waals surface area contributed by atoms with Crippen LogP contribution in [0.4, 0.5) is 5.13 Å². The summed E-state index contributed by atoms with van der Waals surface area (Å²) in [7, 11) is 1.61. The molecule has 4 nitrogen and oxygen atoms in total. The van der Waals surface area contributed by atoms with Crippen molar-refractivity contribution in [3.63, 3.8) is 0 Å². The number of anilines is 1. The number of methoxy groups -OCH3 is 1. The minimum absolute atomic E-state index is 0.107. The van der Waals surface area contributed by atoms with Gasteiger partial charge in [-0.25, -0.2) is 4.98 Å². The Morgan fingerprint density at radius 1 is 1.24 bits per heavy atom. The highest BCUT2D eigenvalue weighted by Crippen LogP contribution is 2.31. The Morgan fingerprint density at radius 2 is 2.00 bits per heavy atom. The summed E-state index contributed by atoms with van der Waals surface area (Å²) in [4.78, 5) is 17.9. The molecule has 1 N–H and O–H groups in total. The maximum absolute atomic E-state index is 12.3. The van der Waals surface area contributed by atoms with Crippen molar-refractivity contribution in [2.75, 3.05) is 12.4 Å². The SMILES string of the molecule is COc1cccc(CC(=O)Nc2nc(-c3ccc(Cl)cc3)c(C)s2)c1. The van der Waals surface area contributed by atoms with Crippen LogP contribution >= 0.6 is 22.9 Å². The summed E-state index contributed by atoms with van der Waals surface area (Å²) in [5.74, 6) is 0.630. The monoisotopic (exact) mass is 372 g/mol. The van der Waals surface area contributed by atoms with Crippen LogP contribution in [0.1, 0.15) is 10.4 Å². The number of benzene rings is 2. The second-order valence-electron chi connectivity index (χ2n) is 5.51. The molecule has 128 valence electrons. The van der Waals surface area contributed by atoms with Gasteiger partial charge in [-0.1, -0.05) is 35.9 Å². The molecule has 0 aliphatic carbocycles. The van der Waals surface area contributed by atoms with Gasteiger partial charge in [-0.05, 0) is 36.8 Å². The molecule has 3 rings (SSSR count). The summed E-state index contributed by atoms with van der Waals surface area (Å²) in [6.07, 6.45) is 0.270. The van der Waals surface area contributed by atoms with E-state index in [-0.39, 0.29) is 12.3 Å². The van der Waals surface area contributed by atoms with E-state index in [1.807, 2.05) is 55.5 Å². The molecule has 0 aliphatic heterocycles. The van der Waals surface area contributed by atoms with Crippen molar-refractivity contribution in [3.8, 4) is 17.0 Å². The van der Waals surface area contributed by atoms with Crippen LogP contribution in [0.25, 0.3) is 11.3 Å². The Bertz CT molecular complexity index is 891. The number of hydrogen-bond donors (Lipinski definition) is 1. The highest BCUT2D eigenvalue weighted by atomic mass is 35.5. The summed E-state index contributed by atoms with van der Waals surface area (Å²) >= 11 is 7.39. The van der Waals surface area contributed by atoms with Crippen LogP contribution in [0.5, 0.6) is 5.75 Å². The highest BCUT2D eigenvalue weighted by Gasteiger charge is 2.12. The first-order chi connectivity index (χ1) is 12.0. The number of amides is 1. The number of rotatable bonds is 5. The molecule has 6 heteroatoms. The standard InChI is InChI=1S/C19H17ClN2O2S/c1-12-18(14-6-8-15(20)9-7-14)22-19(25-12)21-17(23)11-13-4-3-5-16(10-13)24-2/h3-10H,11H2,1-2H3,(H,21,22,23). The van der Waals surface area contributed by atoms with Crippen LogP contribution in [0.3, 0.4) is 0 Å². The number of halogens is 1.